The molecule has 0 bridgehead atoms. The maximum absolute atomic E-state index is 11.6. The number of rotatable bonds is 9. The Hall–Kier alpha value is -0.790. The zero-order valence-electron chi connectivity index (χ0n) is 8.16. The van der Waals surface area contributed by atoms with Gasteiger partial charge in [-0.05, 0) is 0 Å². The summed E-state index contributed by atoms with van der Waals surface area (Å²) in [4.78, 5) is 10.1. The summed E-state index contributed by atoms with van der Waals surface area (Å²) in [6, 6.07) is 0. The van der Waals surface area contributed by atoms with Crippen LogP contribution in [-0.4, -0.2) is 55.0 Å². The molecular weight excluding hydrogens is 212 g/mol. The summed E-state index contributed by atoms with van der Waals surface area (Å²) >= 11 is 0. The molecule has 0 aliphatic heterocycles. The van der Waals surface area contributed by atoms with Crippen LogP contribution in [0.3, 0.4) is 0 Å². The molecule has 0 aromatic carbocycles. The molecule has 7 heteroatoms. The van der Waals surface area contributed by atoms with E-state index in [1.165, 1.54) is 0 Å². The first-order valence-electron chi connectivity index (χ1n) is 4.49. The van der Waals surface area contributed by atoms with Crippen LogP contribution >= 0.6 is 0 Å². The largest absolute Gasteiger partial charge is 0.481 e. The fourth-order valence-electron chi connectivity index (χ4n) is 0.859. The molecule has 0 aromatic heterocycles. The van der Waals surface area contributed by atoms with Gasteiger partial charge in [-0.25, -0.2) is 8.78 Å². The van der Waals surface area contributed by atoms with Gasteiger partial charge in [-0.2, -0.15) is 0 Å². The molecule has 90 valence electrons. The van der Waals surface area contributed by atoms with Gasteiger partial charge in [0, 0.05) is 13.1 Å². The van der Waals surface area contributed by atoms with Crippen molar-refractivity contribution < 1.29 is 28.5 Å². The predicted octanol–water partition coefficient (Wildman–Crippen LogP) is -0.307. The smallest absolute Gasteiger partial charge is 0.306 e. The average Bonchev–Trinajstić information content (AvgIpc) is 2.09. The second-order valence-electron chi connectivity index (χ2n) is 2.92. The van der Waals surface area contributed by atoms with Crippen LogP contribution in [0.15, 0.2) is 0 Å². The lowest BCUT2D eigenvalue weighted by molar-refractivity contribution is -0.139. The Morgan fingerprint density at radius 3 is 2.67 bits per heavy atom. The number of aliphatic hydroxyl groups excluding tert-OH is 1. The van der Waals surface area contributed by atoms with Crippen molar-refractivity contribution in [2.75, 3.05) is 26.3 Å². The number of aliphatic carboxylic acids is 1. The third-order valence-corrected chi connectivity index (χ3v) is 1.46. The fraction of sp³-hybridized carbons (Fsp3) is 0.875. The van der Waals surface area contributed by atoms with Crippen molar-refractivity contribution in [2.45, 2.75) is 19.0 Å². The number of ether oxygens (including phenoxy) is 1. The molecule has 0 rings (SSSR count). The highest BCUT2D eigenvalue weighted by molar-refractivity contribution is 5.67. The Kier molecular flexibility index (Phi) is 8.06. The molecule has 0 aliphatic carbocycles. The first-order valence-corrected chi connectivity index (χ1v) is 4.49. The van der Waals surface area contributed by atoms with Gasteiger partial charge in [0.1, 0.15) is 6.61 Å². The van der Waals surface area contributed by atoms with Crippen molar-refractivity contribution in [2.24, 2.45) is 0 Å². The van der Waals surface area contributed by atoms with Crippen molar-refractivity contribution in [1.29, 1.82) is 0 Å². The normalized spacial score (nSPS) is 13.1. The number of carboxylic acids is 1. The summed E-state index contributed by atoms with van der Waals surface area (Å²) < 4.78 is 27.7. The van der Waals surface area contributed by atoms with Gasteiger partial charge in [-0.3, -0.25) is 4.79 Å². The van der Waals surface area contributed by atoms with Crippen LogP contribution < -0.4 is 5.32 Å². The Morgan fingerprint density at radius 2 is 2.13 bits per heavy atom. The van der Waals surface area contributed by atoms with Crippen LogP contribution in [0.5, 0.6) is 0 Å². The molecule has 1 atom stereocenters. The van der Waals surface area contributed by atoms with E-state index in [0.29, 0.717) is 6.54 Å². The van der Waals surface area contributed by atoms with Gasteiger partial charge in [0.05, 0.1) is 19.1 Å². The van der Waals surface area contributed by atoms with Gasteiger partial charge < -0.3 is 20.3 Å². The van der Waals surface area contributed by atoms with Crippen molar-refractivity contribution >= 4 is 5.97 Å². The molecule has 3 N–H and O–H groups in total. The minimum atomic E-state index is -2.48. The van der Waals surface area contributed by atoms with Gasteiger partial charge in [-0.1, -0.05) is 0 Å². The Morgan fingerprint density at radius 1 is 1.47 bits per heavy atom. The lowest BCUT2D eigenvalue weighted by atomic mass is 10.2. The van der Waals surface area contributed by atoms with Crippen molar-refractivity contribution in [3.63, 3.8) is 0 Å². The van der Waals surface area contributed by atoms with E-state index in [2.05, 4.69) is 10.1 Å². The van der Waals surface area contributed by atoms with Gasteiger partial charge in [0.25, 0.3) is 6.43 Å². The van der Waals surface area contributed by atoms with Gasteiger partial charge >= 0.3 is 5.97 Å². The van der Waals surface area contributed by atoms with E-state index in [1.807, 2.05) is 0 Å². The maximum atomic E-state index is 11.6. The lowest BCUT2D eigenvalue weighted by Gasteiger charge is -2.09. The lowest BCUT2D eigenvalue weighted by Crippen LogP contribution is -2.31. The SMILES string of the molecule is O=C(O)CC(O)CNCCOCC(F)F. The number of carbonyl (C=O) groups is 1. The van der Waals surface area contributed by atoms with E-state index in [0.717, 1.165) is 0 Å². The summed E-state index contributed by atoms with van der Waals surface area (Å²) in [5.74, 6) is -1.08. The molecular formula is C8H15F2NO4. The summed E-state index contributed by atoms with van der Waals surface area (Å²) in [7, 11) is 0. The van der Waals surface area contributed by atoms with E-state index in [9.17, 15) is 13.6 Å². The molecule has 0 radical (unpaired) electrons. The Bertz CT molecular complexity index is 180. The molecule has 0 fully saturated rings. The summed E-state index contributed by atoms with van der Waals surface area (Å²) in [6.45, 7) is -0.114. The molecule has 0 aromatic rings. The zero-order chi connectivity index (χ0) is 11.7. The summed E-state index contributed by atoms with van der Waals surface area (Å²) in [5, 5.41) is 20.0. The second-order valence-corrected chi connectivity index (χ2v) is 2.92. The molecule has 0 saturated carbocycles. The van der Waals surface area contributed by atoms with Crippen LogP contribution in [0, 0.1) is 0 Å². The predicted molar refractivity (Wildman–Crippen MR) is 48.0 cm³/mol. The number of hydrogen-bond donors (Lipinski definition) is 3. The number of carboxylic acid groups (broad SMARTS) is 1. The third kappa shape index (κ3) is 11.1. The average molecular weight is 227 g/mol. The number of alkyl halides is 2. The quantitative estimate of drug-likeness (QED) is 0.471. The first kappa shape index (κ1) is 14.2. The van der Waals surface area contributed by atoms with Crippen molar-refractivity contribution in [1.82, 2.24) is 5.32 Å². The van der Waals surface area contributed by atoms with Gasteiger partial charge in [-0.15, -0.1) is 0 Å². The third-order valence-electron chi connectivity index (χ3n) is 1.46. The maximum Gasteiger partial charge on any atom is 0.306 e. The van der Waals surface area contributed by atoms with Crippen LogP contribution in [0.1, 0.15) is 6.42 Å². The molecule has 15 heavy (non-hydrogen) atoms. The summed E-state index contributed by atoms with van der Waals surface area (Å²) in [5.41, 5.74) is 0. The molecule has 0 aliphatic rings. The molecule has 1 unspecified atom stereocenters. The van der Waals surface area contributed by atoms with Crippen molar-refractivity contribution in [3.05, 3.63) is 0 Å². The van der Waals surface area contributed by atoms with E-state index in [4.69, 9.17) is 10.2 Å². The number of halogens is 2. The Labute approximate surface area is 86.0 Å². The highest BCUT2D eigenvalue weighted by Gasteiger charge is 2.08. The van der Waals surface area contributed by atoms with E-state index in [-0.39, 0.29) is 19.6 Å². The van der Waals surface area contributed by atoms with Gasteiger partial charge in [0.2, 0.25) is 0 Å². The van der Waals surface area contributed by atoms with Crippen molar-refractivity contribution in [3.8, 4) is 0 Å². The Balaban J connectivity index is 3.20. The minimum Gasteiger partial charge on any atom is -0.481 e. The standard InChI is InChI=1S/C8H15F2NO4/c9-7(10)5-15-2-1-11-4-6(12)3-8(13)14/h6-7,11-12H,1-5H2,(H,13,14). The van der Waals surface area contributed by atoms with Crippen LogP contribution in [0.4, 0.5) is 8.78 Å². The molecule has 0 heterocycles. The topological polar surface area (TPSA) is 78.8 Å². The van der Waals surface area contributed by atoms with Crippen LogP contribution in [-0.2, 0) is 9.53 Å². The van der Waals surface area contributed by atoms with E-state index >= 15 is 0 Å². The molecule has 5 nitrogen and oxygen atoms in total. The number of hydrogen-bond acceptors (Lipinski definition) is 4. The molecule has 0 saturated heterocycles. The minimum absolute atomic E-state index is 0.101. The molecule has 0 amide bonds. The molecule has 0 spiro atoms. The number of aliphatic hydroxyl groups is 1. The highest BCUT2D eigenvalue weighted by Crippen LogP contribution is 1.92. The number of nitrogens with one attached hydrogen (secondary N) is 1. The highest BCUT2D eigenvalue weighted by atomic mass is 19.3. The second kappa shape index (κ2) is 8.51. The van der Waals surface area contributed by atoms with Crippen LogP contribution in [0.2, 0.25) is 0 Å². The first-order chi connectivity index (χ1) is 7.02. The fourth-order valence-corrected chi connectivity index (χ4v) is 0.859. The monoisotopic (exact) mass is 227 g/mol. The van der Waals surface area contributed by atoms with E-state index in [1.54, 1.807) is 0 Å². The van der Waals surface area contributed by atoms with E-state index < -0.39 is 25.1 Å². The van der Waals surface area contributed by atoms with Crippen LogP contribution in [0.25, 0.3) is 0 Å². The summed E-state index contributed by atoms with van der Waals surface area (Å²) in [6.07, 6.45) is -3.80. The zero-order valence-corrected chi connectivity index (χ0v) is 8.16. The van der Waals surface area contributed by atoms with Gasteiger partial charge in [0.15, 0.2) is 0 Å².